The number of anilines is 2. The van der Waals surface area contributed by atoms with Crippen LogP contribution in [0.3, 0.4) is 0 Å². The Kier molecular flexibility index (Phi) is 5.10. The second kappa shape index (κ2) is 7.84. The number of nitro groups is 1. The summed E-state index contributed by atoms with van der Waals surface area (Å²) in [5.74, 6) is 0.635. The van der Waals surface area contributed by atoms with Crippen molar-refractivity contribution in [1.29, 1.82) is 0 Å². The third-order valence-corrected chi connectivity index (χ3v) is 5.37. The highest BCUT2D eigenvalue weighted by Gasteiger charge is 2.30. The molecule has 0 amide bonds. The molecule has 28 heavy (non-hydrogen) atoms. The van der Waals surface area contributed by atoms with Crippen LogP contribution >= 0.6 is 0 Å². The minimum atomic E-state index is -0.381. The first-order valence-corrected chi connectivity index (χ1v) is 9.60. The number of benzene rings is 2. The van der Waals surface area contributed by atoms with Crippen molar-refractivity contribution in [3.05, 3.63) is 52.1 Å². The van der Waals surface area contributed by atoms with Gasteiger partial charge in [0.05, 0.1) is 10.6 Å². The number of nitrogens with one attached hydrogen (secondary N) is 1. The molecule has 2 aromatic carbocycles. The summed E-state index contributed by atoms with van der Waals surface area (Å²) >= 11 is 0. The molecule has 8 nitrogen and oxygen atoms in total. The maximum atomic E-state index is 11.8. The molecule has 1 saturated heterocycles. The molecule has 0 aliphatic carbocycles. The molecule has 0 atom stereocenters. The molecule has 1 aromatic heterocycles. The lowest BCUT2D eigenvalue weighted by molar-refractivity contribution is -0.382. The average Bonchev–Trinajstić information content (AvgIpc) is 3.18. The highest BCUT2D eigenvalue weighted by atomic mass is 16.6. The first-order valence-electron chi connectivity index (χ1n) is 9.60. The molecule has 0 saturated carbocycles. The summed E-state index contributed by atoms with van der Waals surface area (Å²) in [6.07, 6.45) is 2.87. The predicted molar refractivity (Wildman–Crippen MR) is 108 cm³/mol. The molecule has 0 bridgehead atoms. The number of nitro benzene ring substituents is 1. The molecule has 0 radical (unpaired) electrons. The van der Waals surface area contributed by atoms with Gasteiger partial charge >= 0.3 is 5.69 Å². The smallest absolute Gasteiger partial charge is 0.323 e. The molecule has 0 spiro atoms. The summed E-state index contributed by atoms with van der Waals surface area (Å²) in [7, 11) is 0. The Labute approximate surface area is 162 Å². The van der Waals surface area contributed by atoms with Crippen molar-refractivity contribution in [1.82, 2.24) is 10.3 Å². The summed E-state index contributed by atoms with van der Waals surface area (Å²) in [6.45, 7) is 4.48. The van der Waals surface area contributed by atoms with Gasteiger partial charge in [-0.25, -0.2) is 4.63 Å². The van der Waals surface area contributed by atoms with Gasteiger partial charge in [0.25, 0.3) is 0 Å². The molecule has 8 heteroatoms. The molecule has 1 fully saturated rings. The zero-order valence-corrected chi connectivity index (χ0v) is 15.8. The van der Waals surface area contributed by atoms with Crippen molar-refractivity contribution < 1.29 is 9.55 Å². The van der Waals surface area contributed by atoms with Crippen LogP contribution < -0.4 is 10.2 Å². The molecule has 1 N–H and O–H groups in total. The molecule has 146 valence electrons. The molecule has 1 aliphatic heterocycles. The standard InChI is InChI=1S/C20H23N5O3/c1-14-8-11-24(12-9-14)17-13-16(21-10-7-15-5-3-2-4-6-15)18-19(23-28-22-18)20(17)25(26)27/h2-6,13-14,21H,7-12H2,1H3. The molecule has 1 aliphatic rings. The van der Waals surface area contributed by atoms with Crippen LogP contribution in [0.2, 0.25) is 0 Å². The normalized spacial score (nSPS) is 15.1. The van der Waals surface area contributed by atoms with E-state index in [9.17, 15) is 10.1 Å². The second-order valence-electron chi connectivity index (χ2n) is 7.34. The predicted octanol–water partition coefficient (Wildman–Crippen LogP) is 4.02. The van der Waals surface area contributed by atoms with Crippen molar-refractivity contribution in [2.45, 2.75) is 26.2 Å². The summed E-state index contributed by atoms with van der Waals surface area (Å²) in [4.78, 5) is 13.5. The van der Waals surface area contributed by atoms with Crippen LogP contribution in [0.15, 0.2) is 41.0 Å². The quantitative estimate of drug-likeness (QED) is 0.509. The van der Waals surface area contributed by atoms with Crippen LogP contribution in [0.5, 0.6) is 0 Å². The van der Waals surface area contributed by atoms with E-state index < -0.39 is 0 Å². The number of hydrogen-bond donors (Lipinski definition) is 1. The third-order valence-electron chi connectivity index (χ3n) is 5.37. The van der Waals surface area contributed by atoms with Crippen LogP contribution in [-0.2, 0) is 6.42 Å². The van der Waals surface area contributed by atoms with E-state index >= 15 is 0 Å². The average molecular weight is 381 g/mol. The van der Waals surface area contributed by atoms with Crippen LogP contribution in [0, 0.1) is 16.0 Å². The van der Waals surface area contributed by atoms with E-state index in [1.165, 1.54) is 5.56 Å². The van der Waals surface area contributed by atoms with E-state index in [2.05, 4.69) is 39.6 Å². The molecule has 4 rings (SSSR count). The van der Waals surface area contributed by atoms with Gasteiger partial charge in [0.1, 0.15) is 5.69 Å². The van der Waals surface area contributed by atoms with E-state index in [0.717, 1.165) is 32.4 Å². The number of nitrogens with zero attached hydrogens (tertiary/aromatic N) is 4. The number of aromatic nitrogens is 2. The van der Waals surface area contributed by atoms with Gasteiger partial charge in [-0.2, -0.15) is 0 Å². The topological polar surface area (TPSA) is 97.3 Å². The number of rotatable bonds is 6. The van der Waals surface area contributed by atoms with Gasteiger partial charge in [0.2, 0.25) is 5.52 Å². The SMILES string of the molecule is CC1CCN(c2cc(NCCc3ccccc3)c3nonc3c2[N+](=O)[O-])CC1. The van der Waals surface area contributed by atoms with Crippen LogP contribution in [0.25, 0.3) is 11.0 Å². The zero-order valence-electron chi connectivity index (χ0n) is 15.8. The lowest BCUT2D eigenvalue weighted by Crippen LogP contribution is -2.33. The molecule has 0 unspecified atom stereocenters. The van der Waals surface area contributed by atoms with Crippen molar-refractivity contribution in [2.24, 2.45) is 5.92 Å². The van der Waals surface area contributed by atoms with E-state index in [4.69, 9.17) is 4.63 Å². The fourth-order valence-corrected chi connectivity index (χ4v) is 3.71. The van der Waals surface area contributed by atoms with Crippen molar-refractivity contribution in [2.75, 3.05) is 29.9 Å². The minimum Gasteiger partial charge on any atom is -0.383 e. The monoisotopic (exact) mass is 381 g/mol. The van der Waals surface area contributed by atoms with Gasteiger partial charge in [0, 0.05) is 19.6 Å². The van der Waals surface area contributed by atoms with Gasteiger partial charge in [-0.3, -0.25) is 10.1 Å². The lowest BCUT2D eigenvalue weighted by atomic mass is 9.98. The fourth-order valence-electron chi connectivity index (χ4n) is 3.71. The minimum absolute atomic E-state index is 0.0283. The van der Waals surface area contributed by atoms with Crippen molar-refractivity contribution in [3.63, 3.8) is 0 Å². The lowest BCUT2D eigenvalue weighted by Gasteiger charge is -2.32. The van der Waals surface area contributed by atoms with E-state index in [0.29, 0.717) is 29.4 Å². The van der Waals surface area contributed by atoms with Crippen molar-refractivity contribution >= 4 is 28.1 Å². The van der Waals surface area contributed by atoms with Crippen LogP contribution in [0.1, 0.15) is 25.3 Å². The number of hydrogen-bond acceptors (Lipinski definition) is 7. The van der Waals surface area contributed by atoms with Crippen LogP contribution in [0.4, 0.5) is 17.1 Å². The largest absolute Gasteiger partial charge is 0.383 e. The Morgan fingerprint density at radius 3 is 2.64 bits per heavy atom. The fraction of sp³-hybridized carbons (Fsp3) is 0.400. The van der Waals surface area contributed by atoms with E-state index in [1.807, 2.05) is 24.3 Å². The van der Waals surface area contributed by atoms with Gasteiger partial charge in [-0.05, 0) is 47.1 Å². The summed E-state index contributed by atoms with van der Waals surface area (Å²) in [5, 5.41) is 22.9. The Morgan fingerprint density at radius 2 is 1.93 bits per heavy atom. The highest BCUT2D eigenvalue weighted by Crippen LogP contribution is 2.40. The molecule has 3 aromatic rings. The molecular weight excluding hydrogens is 358 g/mol. The van der Waals surface area contributed by atoms with Crippen LogP contribution in [-0.4, -0.2) is 34.9 Å². The maximum absolute atomic E-state index is 11.8. The Morgan fingerprint density at radius 1 is 1.21 bits per heavy atom. The Balaban J connectivity index is 1.65. The van der Waals surface area contributed by atoms with E-state index in [-0.39, 0.29) is 16.1 Å². The van der Waals surface area contributed by atoms with Crippen molar-refractivity contribution in [3.8, 4) is 0 Å². The molecule has 2 heterocycles. The van der Waals surface area contributed by atoms with Gasteiger partial charge < -0.3 is 10.2 Å². The maximum Gasteiger partial charge on any atom is 0.323 e. The van der Waals surface area contributed by atoms with Gasteiger partial charge in [0.15, 0.2) is 5.52 Å². The number of fused-ring (bicyclic) bond motifs is 1. The highest BCUT2D eigenvalue weighted by molar-refractivity contribution is 5.99. The molecular formula is C20H23N5O3. The number of piperidine rings is 1. The second-order valence-corrected chi connectivity index (χ2v) is 7.34. The van der Waals surface area contributed by atoms with E-state index in [1.54, 1.807) is 0 Å². The zero-order chi connectivity index (χ0) is 19.5. The summed E-state index contributed by atoms with van der Waals surface area (Å²) in [6, 6.07) is 12.0. The summed E-state index contributed by atoms with van der Waals surface area (Å²) in [5.41, 5.74) is 3.09. The first kappa shape index (κ1) is 18.2. The Hall–Kier alpha value is -3.16. The summed E-state index contributed by atoms with van der Waals surface area (Å²) < 4.78 is 4.86. The van der Waals surface area contributed by atoms with Gasteiger partial charge in [-0.1, -0.05) is 37.3 Å². The first-order chi connectivity index (χ1) is 13.6. The van der Waals surface area contributed by atoms with Gasteiger partial charge in [-0.15, -0.1) is 0 Å². The Bertz CT molecular complexity index is 965. The third kappa shape index (κ3) is 3.62.